The van der Waals surface area contributed by atoms with Gasteiger partial charge in [-0.2, -0.15) is 15.0 Å². The average Bonchev–Trinajstić information content (AvgIpc) is 3.17. The summed E-state index contributed by atoms with van der Waals surface area (Å²) in [5.74, 6) is 0.745. The predicted octanol–water partition coefficient (Wildman–Crippen LogP) is 1.39. The number of nitrogens with zero attached hydrogens (tertiary/aromatic N) is 5. The number of hydrogen-bond acceptors (Lipinski definition) is 5. The smallest absolute Gasteiger partial charge is 0.258 e. The van der Waals surface area contributed by atoms with Gasteiger partial charge < -0.3 is 4.98 Å². The predicted molar refractivity (Wildman–Crippen MR) is 85.8 cm³/mol. The normalized spacial score (nSPS) is 18.7. The van der Waals surface area contributed by atoms with Crippen molar-refractivity contribution in [1.29, 1.82) is 0 Å². The summed E-state index contributed by atoms with van der Waals surface area (Å²) in [5, 5.41) is 9.09. The molecule has 3 heterocycles. The number of aryl methyl sites for hydroxylation is 1. The Kier molecular flexibility index (Phi) is 3.42. The molecule has 0 aliphatic carbocycles. The van der Waals surface area contributed by atoms with E-state index >= 15 is 0 Å². The van der Waals surface area contributed by atoms with E-state index in [0.29, 0.717) is 5.39 Å². The molecule has 0 radical (unpaired) electrons. The van der Waals surface area contributed by atoms with Gasteiger partial charge in [0.05, 0.1) is 28.8 Å². The van der Waals surface area contributed by atoms with Crippen molar-refractivity contribution in [1.82, 2.24) is 29.9 Å². The van der Waals surface area contributed by atoms with E-state index in [1.807, 2.05) is 25.2 Å². The van der Waals surface area contributed by atoms with Crippen molar-refractivity contribution in [3.05, 3.63) is 52.3 Å². The van der Waals surface area contributed by atoms with Crippen LogP contribution in [-0.4, -0.2) is 36.4 Å². The molecule has 2 aromatic heterocycles. The molecule has 1 aliphatic rings. The number of benzene rings is 1. The Morgan fingerprint density at radius 2 is 2.22 bits per heavy atom. The van der Waals surface area contributed by atoms with Crippen LogP contribution >= 0.6 is 0 Å². The molecule has 3 aromatic rings. The highest BCUT2D eigenvalue weighted by molar-refractivity contribution is 5.77. The van der Waals surface area contributed by atoms with Crippen molar-refractivity contribution in [2.75, 3.05) is 6.54 Å². The number of rotatable bonds is 3. The summed E-state index contributed by atoms with van der Waals surface area (Å²) in [6.45, 7) is 1.69. The molecule has 0 saturated carbocycles. The minimum absolute atomic E-state index is 0.0723. The summed E-state index contributed by atoms with van der Waals surface area (Å²) in [5.41, 5.74) is 1.61. The van der Waals surface area contributed by atoms with E-state index in [1.54, 1.807) is 17.1 Å². The van der Waals surface area contributed by atoms with Crippen LogP contribution in [0.5, 0.6) is 0 Å². The van der Waals surface area contributed by atoms with E-state index in [4.69, 9.17) is 0 Å². The number of likely N-dealkylation sites (tertiary alicyclic amines) is 1. The molecule has 1 aliphatic heterocycles. The molecule has 7 heteroatoms. The first-order chi connectivity index (χ1) is 11.2. The number of H-pyrrole nitrogens is 1. The number of aromatic amines is 1. The van der Waals surface area contributed by atoms with E-state index in [9.17, 15) is 4.79 Å². The van der Waals surface area contributed by atoms with E-state index in [2.05, 4.69) is 25.1 Å². The maximum absolute atomic E-state index is 12.3. The third-order valence-electron chi connectivity index (χ3n) is 4.32. The quantitative estimate of drug-likeness (QED) is 0.791. The third-order valence-corrected chi connectivity index (χ3v) is 4.32. The van der Waals surface area contributed by atoms with E-state index < -0.39 is 0 Å². The van der Waals surface area contributed by atoms with Crippen molar-refractivity contribution >= 4 is 10.9 Å². The molecule has 1 saturated heterocycles. The van der Waals surface area contributed by atoms with Gasteiger partial charge in [0.25, 0.3) is 5.56 Å². The van der Waals surface area contributed by atoms with Crippen molar-refractivity contribution in [2.24, 2.45) is 7.05 Å². The second-order valence-corrected chi connectivity index (χ2v) is 5.92. The first kappa shape index (κ1) is 14.1. The molecule has 0 bridgehead atoms. The fourth-order valence-electron chi connectivity index (χ4n) is 3.26. The van der Waals surface area contributed by atoms with Gasteiger partial charge in [-0.25, -0.2) is 4.98 Å². The van der Waals surface area contributed by atoms with Crippen LogP contribution < -0.4 is 5.56 Å². The largest absolute Gasteiger partial charge is 0.309 e. The van der Waals surface area contributed by atoms with E-state index in [-0.39, 0.29) is 11.6 Å². The summed E-state index contributed by atoms with van der Waals surface area (Å²) in [6.07, 6.45) is 3.86. The molecule has 118 valence electrons. The molecule has 1 unspecified atom stereocenters. The summed E-state index contributed by atoms with van der Waals surface area (Å²) in [4.78, 5) is 23.8. The Labute approximate surface area is 133 Å². The monoisotopic (exact) mass is 310 g/mol. The summed E-state index contributed by atoms with van der Waals surface area (Å²) < 4.78 is 0. The molecule has 0 amide bonds. The molecule has 1 fully saturated rings. The van der Waals surface area contributed by atoms with Gasteiger partial charge in [0.1, 0.15) is 5.82 Å². The van der Waals surface area contributed by atoms with Gasteiger partial charge in [0, 0.05) is 13.6 Å². The Bertz CT molecular complexity index is 899. The van der Waals surface area contributed by atoms with Gasteiger partial charge in [0.2, 0.25) is 0 Å². The molecule has 1 atom stereocenters. The van der Waals surface area contributed by atoms with Crippen LogP contribution in [0.15, 0.2) is 35.3 Å². The molecular weight excluding hydrogens is 292 g/mol. The molecular formula is C16H18N6O. The van der Waals surface area contributed by atoms with Crippen molar-refractivity contribution in [2.45, 2.75) is 25.4 Å². The standard InChI is InChI=1S/C16H18N6O/c1-21-17-9-11(20-21)10-22-8-4-7-14(22)15-18-13-6-3-2-5-12(13)16(23)19-15/h2-3,5-6,9,14H,4,7-8,10H2,1H3,(H,18,19,23). The van der Waals surface area contributed by atoms with Gasteiger partial charge in [0.15, 0.2) is 0 Å². The third kappa shape index (κ3) is 2.63. The summed E-state index contributed by atoms with van der Waals surface area (Å²) >= 11 is 0. The number of para-hydroxylation sites is 1. The van der Waals surface area contributed by atoms with Gasteiger partial charge >= 0.3 is 0 Å². The van der Waals surface area contributed by atoms with Gasteiger partial charge in [-0.3, -0.25) is 9.69 Å². The molecule has 0 spiro atoms. The zero-order valence-corrected chi connectivity index (χ0v) is 12.9. The number of hydrogen-bond donors (Lipinski definition) is 1. The lowest BCUT2D eigenvalue weighted by Crippen LogP contribution is -2.26. The van der Waals surface area contributed by atoms with Crippen LogP contribution in [-0.2, 0) is 13.6 Å². The molecule has 1 aromatic carbocycles. The van der Waals surface area contributed by atoms with Crippen molar-refractivity contribution in [3.63, 3.8) is 0 Å². The molecule has 7 nitrogen and oxygen atoms in total. The van der Waals surface area contributed by atoms with Crippen molar-refractivity contribution in [3.8, 4) is 0 Å². The lowest BCUT2D eigenvalue weighted by molar-refractivity contribution is 0.236. The second-order valence-electron chi connectivity index (χ2n) is 5.92. The number of aromatic nitrogens is 5. The molecule has 1 N–H and O–H groups in total. The van der Waals surface area contributed by atoms with Gasteiger partial charge in [-0.1, -0.05) is 12.1 Å². The number of nitrogens with one attached hydrogen (secondary N) is 1. The highest BCUT2D eigenvalue weighted by atomic mass is 16.1. The Hall–Kier alpha value is -2.54. The first-order valence-corrected chi connectivity index (χ1v) is 7.79. The Morgan fingerprint density at radius 1 is 1.35 bits per heavy atom. The minimum Gasteiger partial charge on any atom is -0.309 e. The lowest BCUT2D eigenvalue weighted by atomic mass is 10.2. The SMILES string of the molecule is Cn1ncc(CN2CCCC2c2nc3ccccc3c(=O)[nH]2)n1. The van der Waals surface area contributed by atoms with Crippen molar-refractivity contribution < 1.29 is 0 Å². The summed E-state index contributed by atoms with van der Waals surface area (Å²) in [7, 11) is 1.81. The van der Waals surface area contributed by atoms with Crippen LogP contribution in [0.4, 0.5) is 0 Å². The highest BCUT2D eigenvalue weighted by Gasteiger charge is 2.28. The van der Waals surface area contributed by atoms with E-state index in [1.165, 1.54) is 0 Å². The van der Waals surface area contributed by atoms with Gasteiger partial charge in [-0.05, 0) is 31.5 Å². The Morgan fingerprint density at radius 3 is 3.04 bits per heavy atom. The van der Waals surface area contributed by atoms with Crippen LogP contribution in [0, 0.1) is 0 Å². The lowest BCUT2D eigenvalue weighted by Gasteiger charge is -2.22. The number of fused-ring (bicyclic) bond motifs is 1. The average molecular weight is 310 g/mol. The zero-order valence-electron chi connectivity index (χ0n) is 12.9. The van der Waals surface area contributed by atoms with Crippen LogP contribution in [0.2, 0.25) is 0 Å². The van der Waals surface area contributed by atoms with Crippen LogP contribution in [0.1, 0.15) is 30.4 Å². The zero-order chi connectivity index (χ0) is 15.8. The van der Waals surface area contributed by atoms with Gasteiger partial charge in [-0.15, -0.1) is 0 Å². The highest BCUT2D eigenvalue weighted by Crippen LogP contribution is 2.30. The maximum atomic E-state index is 12.3. The summed E-state index contributed by atoms with van der Waals surface area (Å²) in [6, 6.07) is 7.57. The van der Waals surface area contributed by atoms with Crippen LogP contribution in [0.25, 0.3) is 10.9 Å². The topological polar surface area (TPSA) is 79.7 Å². The second kappa shape index (κ2) is 5.58. The molecule has 4 rings (SSSR count). The maximum Gasteiger partial charge on any atom is 0.258 e. The van der Waals surface area contributed by atoms with Crippen LogP contribution in [0.3, 0.4) is 0 Å². The Balaban J connectivity index is 1.67. The van der Waals surface area contributed by atoms with E-state index in [0.717, 1.165) is 43.0 Å². The fraction of sp³-hybridized carbons (Fsp3) is 0.375. The first-order valence-electron chi connectivity index (χ1n) is 7.79. The molecule has 23 heavy (non-hydrogen) atoms. The fourth-order valence-corrected chi connectivity index (χ4v) is 3.26. The minimum atomic E-state index is -0.0723.